The summed E-state index contributed by atoms with van der Waals surface area (Å²) in [6.45, 7) is 6.42. The summed E-state index contributed by atoms with van der Waals surface area (Å²) >= 11 is 0. The minimum Gasteiger partial charge on any atom is -0.481 e. The highest BCUT2D eigenvalue weighted by atomic mass is 16.4. The molecule has 22 heavy (non-hydrogen) atoms. The van der Waals surface area contributed by atoms with Gasteiger partial charge >= 0.3 is 5.97 Å². The summed E-state index contributed by atoms with van der Waals surface area (Å²) in [6, 6.07) is 7.78. The van der Waals surface area contributed by atoms with Crippen LogP contribution in [0.5, 0.6) is 0 Å². The Balaban J connectivity index is 2.06. The van der Waals surface area contributed by atoms with Crippen molar-refractivity contribution in [3.63, 3.8) is 0 Å². The van der Waals surface area contributed by atoms with E-state index in [9.17, 15) is 14.7 Å². The number of hydrogen-bond acceptors (Lipinski definition) is 2. The van der Waals surface area contributed by atoms with Crippen LogP contribution in [0.25, 0.3) is 0 Å². The minimum absolute atomic E-state index is 0.0698. The molecule has 1 aliphatic rings. The lowest BCUT2D eigenvalue weighted by Gasteiger charge is -2.27. The summed E-state index contributed by atoms with van der Waals surface area (Å²) < 4.78 is 0. The Bertz CT molecular complexity index is 542. The third-order valence-corrected chi connectivity index (χ3v) is 4.44. The maximum atomic E-state index is 12.4. The van der Waals surface area contributed by atoms with Crippen LogP contribution < -0.4 is 5.32 Å². The zero-order valence-electron chi connectivity index (χ0n) is 13.6. The monoisotopic (exact) mass is 303 g/mol. The van der Waals surface area contributed by atoms with Crippen molar-refractivity contribution < 1.29 is 14.7 Å². The predicted octanol–water partition coefficient (Wildman–Crippen LogP) is 3.81. The van der Waals surface area contributed by atoms with Gasteiger partial charge in [-0.15, -0.1) is 0 Å². The first-order chi connectivity index (χ1) is 10.3. The molecule has 4 heteroatoms. The molecule has 2 N–H and O–H groups in total. The van der Waals surface area contributed by atoms with E-state index >= 15 is 0 Å². The SMILES string of the molecule is CC(C)(C)c1ccc(NC(=O)C2CCCCC2C(=O)O)cc1. The van der Waals surface area contributed by atoms with Gasteiger partial charge < -0.3 is 10.4 Å². The van der Waals surface area contributed by atoms with E-state index in [0.29, 0.717) is 12.8 Å². The van der Waals surface area contributed by atoms with E-state index in [1.165, 1.54) is 5.56 Å². The largest absolute Gasteiger partial charge is 0.481 e. The fraction of sp³-hybridized carbons (Fsp3) is 0.556. The van der Waals surface area contributed by atoms with Crippen molar-refractivity contribution in [1.82, 2.24) is 0 Å². The molecular weight excluding hydrogens is 278 g/mol. The molecule has 2 unspecified atom stereocenters. The van der Waals surface area contributed by atoms with Crippen LogP contribution in [0.2, 0.25) is 0 Å². The van der Waals surface area contributed by atoms with Crippen LogP contribution in [-0.2, 0) is 15.0 Å². The Morgan fingerprint density at radius 3 is 2.09 bits per heavy atom. The zero-order valence-corrected chi connectivity index (χ0v) is 13.6. The lowest BCUT2D eigenvalue weighted by atomic mass is 9.78. The minimum atomic E-state index is -0.858. The first kappa shape index (κ1) is 16.5. The second-order valence-electron chi connectivity index (χ2n) is 7.15. The van der Waals surface area contributed by atoms with Gasteiger partial charge in [0, 0.05) is 5.69 Å². The second-order valence-corrected chi connectivity index (χ2v) is 7.15. The summed E-state index contributed by atoms with van der Waals surface area (Å²) in [5, 5.41) is 12.1. The molecule has 2 atom stereocenters. The highest BCUT2D eigenvalue weighted by Gasteiger charge is 2.35. The van der Waals surface area contributed by atoms with Gasteiger partial charge in [-0.05, 0) is 36.0 Å². The van der Waals surface area contributed by atoms with Gasteiger partial charge in [-0.2, -0.15) is 0 Å². The van der Waals surface area contributed by atoms with Gasteiger partial charge in [0.15, 0.2) is 0 Å². The second kappa shape index (κ2) is 6.51. The number of carboxylic acids is 1. The van der Waals surface area contributed by atoms with Gasteiger partial charge in [0.25, 0.3) is 0 Å². The molecule has 0 aliphatic heterocycles. The molecule has 120 valence electrons. The number of hydrogen-bond donors (Lipinski definition) is 2. The normalized spacial score (nSPS) is 22.1. The maximum Gasteiger partial charge on any atom is 0.307 e. The first-order valence-corrected chi connectivity index (χ1v) is 7.93. The zero-order chi connectivity index (χ0) is 16.3. The Labute approximate surface area is 131 Å². The molecule has 1 fully saturated rings. The summed E-state index contributed by atoms with van der Waals surface area (Å²) in [6.07, 6.45) is 3.06. The Hall–Kier alpha value is -1.84. The van der Waals surface area contributed by atoms with E-state index in [-0.39, 0.29) is 11.3 Å². The standard InChI is InChI=1S/C18H25NO3/c1-18(2,3)12-8-10-13(11-9-12)19-16(20)14-6-4-5-7-15(14)17(21)22/h8-11,14-15H,4-7H2,1-3H3,(H,19,20)(H,21,22). The molecule has 1 aliphatic carbocycles. The van der Waals surface area contributed by atoms with Crippen molar-refractivity contribution >= 4 is 17.6 Å². The van der Waals surface area contributed by atoms with Crippen LogP contribution >= 0.6 is 0 Å². The molecule has 1 aromatic rings. The molecule has 0 radical (unpaired) electrons. The topological polar surface area (TPSA) is 66.4 Å². The number of nitrogens with one attached hydrogen (secondary N) is 1. The van der Waals surface area contributed by atoms with E-state index < -0.39 is 17.8 Å². The van der Waals surface area contributed by atoms with Crippen LogP contribution in [-0.4, -0.2) is 17.0 Å². The fourth-order valence-electron chi connectivity index (χ4n) is 3.03. The van der Waals surface area contributed by atoms with Crippen molar-refractivity contribution in [2.75, 3.05) is 5.32 Å². The number of benzene rings is 1. The maximum absolute atomic E-state index is 12.4. The number of carbonyl (C=O) groups is 2. The number of anilines is 1. The summed E-state index contributed by atoms with van der Waals surface area (Å²) in [5.41, 5.74) is 2.00. The summed E-state index contributed by atoms with van der Waals surface area (Å²) in [7, 11) is 0. The van der Waals surface area contributed by atoms with Gasteiger partial charge in [0.2, 0.25) is 5.91 Å². The molecule has 0 heterocycles. The van der Waals surface area contributed by atoms with E-state index in [4.69, 9.17) is 0 Å². The lowest BCUT2D eigenvalue weighted by molar-refractivity contribution is -0.147. The third-order valence-electron chi connectivity index (χ3n) is 4.44. The molecule has 1 amide bonds. The van der Waals surface area contributed by atoms with Crippen molar-refractivity contribution in [2.45, 2.75) is 51.9 Å². The number of amides is 1. The summed E-state index contributed by atoms with van der Waals surface area (Å²) in [4.78, 5) is 23.7. The average Bonchev–Trinajstić information content (AvgIpc) is 2.46. The van der Waals surface area contributed by atoms with Gasteiger partial charge in [-0.1, -0.05) is 45.7 Å². The molecule has 0 saturated heterocycles. The molecule has 4 nitrogen and oxygen atoms in total. The number of carboxylic acid groups (broad SMARTS) is 1. The van der Waals surface area contributed by atoms with Crippen molar-refractivity contribution in [2.24, 2.45) is 11.8 Å². The van der Waals surface area contributed by atoms with Gasteiger partial charge in [0.1, 0.15) is 0 Å². The van der Waals surface area contributed by atoms with Gasteiger partial charge in [-0.25, -0.2) is 0 Å². The average molecular weight is 303 g/mol. The van der Waals surface area contributed by atoms with E-state index in [2.05, 4.69) is 26.1 Å². The lowest BCUT2D eigenvalue weighted by Crippen LogP contribution is -2.36. The van der Waals surface area contributed by atoms with Crippen LogP contribution in [0.15, 0.2) is 24.3 Å². The number of aliphatic carboxylic acids is 1. The third kappa shape index (κ3) is 3.87. The molecule has 0 aromatic heterocycles. The highest BCUT2D eigenvalue weighted by Crippen LogP contribution is 2.31. The Morgan fingerprint density at radius 2 is 1.59 bits per heavy atom. The molecule has 2 rings (SSSR count). The predicted molar refractivity (Wildman–Crippen MR) is 86.9 cm³/mol. The van der Waals surface area contributed by atoms with Gasteiger partial charge in [-0.3, -0.25) is 9.59 Å². The number of carbonyl (C=O) groups excluding carboxylic acids is 1. The number of rotatable bonds is 3. The van der Waals surface area contributed by atoms with Crippen molar-refractivity contribution in [3.8, 4) is 0 Å². The van der Waals surface area contributed by atoms with E-state index in [1.54, 1.807) is 0 Å². The van der Waals surface area contributed by atoms with Crippen molar-refractivity contribution in [1.29, 1.82) is 0 Å². The van der Waals surface area contributed by atoms with Crippen LogP contribution in [0.3, 0.4) is 0 Å². The molecule has 1 saturated carbocycles. The highest BCUT2D eigenvalue weighted by molar-refractivity contribution is 5.95. The quantitative estimate of drug-likeness (QED) is 0.892. The molecule has 0 bridgehead atoms. The van der Waals surface area contributed by atoms with Crippen LogP contribution in [0.1, 0.15) is 52.0 Å². The first-order valence-electron chi connectivity index (χ1n) is 7.93. The molecular formula is C18H25NO3. The molecule has 0 spiro atoms. The van der Waals surface area contributed by atoms with E-state index in [0.717, 1.165) is 18.5 Å². The van der Waals surface area contributed by atoms with Crippen LogP contribution in [0.4, 0.5) is 5.69 Å². The summed E-state index contributed by atoms with van der Waals surface area (Å²) in [5.74, 6) is -2.00. The van der Waals surface area contributed by atoms with Gasteiger partial charge in [0.05, 0.1) is 11.8 Å². The van der Waals surface area contributed by atoms with Crippen molar-refractivity contribution in [3.05, 3.63) is 29.8 Å². The smallest absolute Gasteiger partial charge is 0.307 e. The Kier molecular flexibility index (Phi) is 4.89. The fourth-order valence-corrected chi connectivity index (χ4v) is 3.03. The van der Waals surface area contributed by atoms with Crippen LogP contribution in [0, 0.1) is 11.8 Å². The van der Waals surface area contributed by atoms with E-state index in [1.807, 2.05) is 24.3 Å². The Morgan fingerprint density at radius 1 is 1.05 bits per heavy atom. The molecule has 1 aromatic carbocycles.